The molecule has 3 heteroatoms. The summed E-state index contributed by atoms with van der Waals surface area (Å²) in [6.45, 7) is 11.6. The van der Waals surface area contributed by atoms with Gasteiger partial charge >= 0.3 is 0 Å². The molecule has 1 aliphatic carbocycles. The first-order valence-corrected chi connectivity index (χ1v) is 10.1. The van der Waals surface area contributed by atoms with Crippen LogP contribution in [0, 0.1) is 5.92 Å². The first-order valence-electron chi connectivity index (χ1n) is 9.27. The number of rotatable bonds is 4. The third-order valence-corrected chi connectivity index (χ3v) is 6.25. The first kappa shape index (κ1) is 17.3. The Kier molecular flexibility index (Phi) is 5.71. The average Bonchev–Trinajstić information content (AvgIpc) is 3.03. The van der Waals surface area contributed by atoms with Crippen LogP contribution in [0.2, 0.25) is 0 Å². The maximum atomic E-state index is 3.52. The monoisotopic (exact) mass is 332 g/mol. The minimum absolute atomic E-state index is 0.264. The molecule has 1 aromatic carbocycles. The Morgan fingerprint density at radius 1 is 1.09 bits per heavy atom. The molecule has 0 amide bonds. The van der Waals surface area contributed by atoms with Crippen molar-refractivity contribution in [3.05, 3.63) is 29.8 Å². The van der Waals surface area contributed by atoms with E-state index < -0.39 is 0 Å². The van der Waals surface area contributed by atoms with Gasteiger partial charge in [-0.2, -0.15) is 0 Å². The molecule has 1 saturated carbocycles. The Morgan fingerprint density at radius 3 is 2.39 bits per heavy atom. The van der Waals surface area contributed by atoms with E-state index >= 15 is 0 Å². The van der Waals surface area contributed by atoms with Gasteiger partial charge in [0.15, 0.2) is 0 Å². The predicted molar refractivity (Wildman–Crippen MR) is 101 cm³/mol. The van der Waals surface area contributed by atoms with Crippen molar-refractivity contribution < 1.29 is 0 Å². The summed E-state index contributed by atoms with van der Waals surface area (Å²) in [5.41, 5.74) is 1.58. The summed E-state index contributed by atoms with van der Waals surface area (Å²) in [5.74, 6) is 0.842. The van der Waals surface area contributed by atoms with Gasteiger partial charge in [0, 0.05) is 41.9 Å². The van der Waals surface area contributed by atoms with E-state index in [0.717, 1.165) is 19.0 Å². The molecule has 0 bridgehead atoms. The Balaban J connectivity index is 1.92. The molecule has 1 heterocycles. The van der Waals surface area contributed by atoms with E-state index in [1.54, 1.807) is 5.56 Å². The van der Waals surface area contributed by atoms with Gasteiger partial charge in [-0.1, -0.05) is 51.8 Å². The Hall–Kier alpha value is -0.510. The van der Waals surface area contributed by atoms with Crippen LogP contribution in [0.3, 0.4) is 0 Å². The zero-order valence-corrected chi connectivity index (χ0v) is 15.8. The molecule has 0 aromatic heterocycles. The minimum Gasteiger partial charge on any atom is -0.314 e. The number of nitrogens with zero attached hydrogens (tertiary/aromatic N) is 1. The van der Waals surface area contributed by atoms with E-state index in [9.17, 15) is 0 Å². The summed E-state index contributed by atoms with van der Waals surface area (Å²) in [5, 5.41) is 3.52. The van der Waals surface area contributed by atoms with Crippen molar-refractivity contribution in [2.45, 2.75) is 62.1 Å². The highest BCUT2D eigenvalue weighted by Crippen LogP contribution is 2.44. The third kappa shape index (κ3) is 4.52. The minimum atomic E-state index is 0.264. The highest BCUT2D eigenvalue weighted by molar-refractivity contribution is 8.00. The predicted octanol–water partition coefficient (Wildman–Crippen LogP) is 4.71. The molecular formula is C20H32N2S. The van der Waals surface area contributed by atoms with Crippen molar-refractivity contribution in [1.82, 2.24) is 10.2 Å². The fourth-order valence-electron chi connectivity index (χ4n) is 4.13. The molecule has 1 aromatic rings. The molecule has 0 radical (unpaired) electrons. The lowest BCUT2D eigenvalue weighted by Crippen LogP contribution is -2.46. The second-order valence-electron chi connectivity index (χ2n) is 8.03. The number of hydrogen-bond acceptors (Lipinski definition) is 3. The number of hydrogen-bond donors (Lipinski definition) is 1. The normalized spacial score (nSPS) is 22.4. The standard InChI is InChI=1S/C20H32N2S/c1-20(2,3)23-18-11-7-6-10-17(18)19(16-8-4-5-9-16)22-14-12-21-13-15-22/h6-7,10-11,16,19,21H,4-5,8-9,12-15H2,1-3H3/t19-/m1/s1. The van der Waals surface area contributed by atoms with Crippen LogP contribution in [0.1, 0.15) is 58.1 Å². The Morgan fingerprint density at radius 2 is 1.74 bits per heavy atom. The zero-order chi connectivity index (χ0) is 16.3. The molecule has 128 valence electrons. The van der Waals surface area contributed by atoms with Gasteiger partial charge in [0.1, 0.15) is 0 Å². The van der Waals surface area contributed by atoms with E-state index in [2.05, 4.69) is 55.3 Å². The number of benzene rings is 1. The Bertz CT molecular complexity index is 497. The molecule has 2 aliphatic rings. The molecule has 0 spiro atoms. The van der Waals surface area contributed by atoms with Crippen LogP contribution in [0.4, 0.5) is 0 Å². The fraction of sp³-hybridized carbons (Fsp3) is 0.700. The van der Waals surface area contributed by atoms with Gasteiger partial charge < -0.3 is 5.32 Å². The van der Waals surface area contributed by atoms with Crippen LogP contribution in [0.5, 0.6) is 0 Å². The van der Waals surface area contributed by atoms with Crippen LogP contribution >= 0.6 is 11.8 Å². The van der Waals surface area contributed by atoms with Crippen molar-refractivity contribution in [2.24, 2.45) is 5.92 Å². The molecule has 2 nitrogen and oxygen atoms in total. The van der Waals surface area contributed by atoms with Crippen LogP contribution in [0.25, 0.3) is 0 Å². The van der Waals surface area contributed by atoms with Gasteiger partial charge in [-0.05, 0) is 30.4 Å². The van der Waals surface area contributed by atoms with Gasteiger partial charge in [0.05, 0.1) is 0 Å². The molecule has 1 atom stereocenters. The quantitative estimate of drug-likeness (QED) is 0.804. The van der Waals surface area contributed by atoms with Gasteiger partial charge in [0.25, 0.3) is 0 Å². The van der Waals surface area contributed by atoms with E-state index in [-0.39, 0.29) is 4.75 Å². The maximum absolute atomic E-state index is 3.52. The molecule has 3 rings (SSSR count). The highest BCUT2D eigenvalue weighted by atomic mass is 32.2. The lowest BCUT2D eigenvalue weighted by atomic mass is 9.89. The van der Waals surface area contributed by atoms with E-state index in [1.165, 1.54) is 43.7 Å². The van der Waals surface area contributed by atoms with Gasteiger partial charge in [-0.15, -0.1) is 11.8 Å². The number of nitrogens with one attached hydrogen (secondary N) is 1. The summed E-state index contributed by atoms with van der Waals surface area (Å²) in [6.07, 6.45) is 5.65. The number of piperazine rings is 1. The topological polar surface area (TPSA) is 15.3 Å². The average molecular weight is 333 g/mol. The second kappa shape index (κ2) is 7.58. The Labute approximate surface area is 146 Å². The second-order valence-corrected chi connectivity index (χ2v) is 9.90. The van der Waals surface area contributed by atoms with Gasteiger partial charge in [-0.25, -0.2) is 0 Å². The SMILES string of the molecule is CC(C)(C)Sc1ccccc1[C@@H](C1CCCC1)N1CCNCC1. The van der Waals surface area contributed by atoms with Crippen LogP contribution in [-0.4, -0.2) is 35.8 Å². The van der Waals surface area contributed by atoms with Crippen molar-refractivity contribution in [1.29, 1.82) is 0 Å². The van der Waals surface area contributed by atoms with E-state index in [0.29, 0.717) is 6.04 Å². The van der Waals surface area contributed by atoms with Crippen molar-refractivity contribution in [3.8, 4) is 0 Å². The van der Waals surface area contributed by atoms with E-state index in [1.807, 2.05) is 11.8 Å². The fourth-order valence-corrected chi connectivity index (χ4v) is 5.24. The highest BCUT2D eigenvalue weighted by Gasteiger charge is 2.33. The molecule has 1 N–H and O–H groups in total. The van der Waals surface area contributed by atoms with Crippen molar-refractivity contribution in [2.75, 3.05) is 26.2 Å². The summed E-state index contributed by atoms with van der Waals surface area (Å²) in [7, 11) is 0. The summed E-state index contributed by atoms with van der Waals surface area (Å²) < 4.78 is 0.264. The molecule has 23 heavy (non-hydrogen) atoms. The summed E-state index contributed by atoms with van der Waals surface area (Å²) in [6, 6.07) is 9.81. The lowest BCUT2D eigenvalue weighted by Gasteiger charge is -2.39. The molecular weight excluding hydrogens is 300 g/mol. The molecule has 0 unspecified atom stereocenters. The molecule has 1 saturated heterocycles. The zero-order valence-electron chi connectivity index (χ0n) is 15.0. The van der Waals surface area contributed by atoms with Gasteiger partial charge in [0.2, 0.25) is 0 Å². The maximum Gasteiger partial charge on any atom is 0.0388 e. The number of thioether (sulfide) groups is 1. The van der Waals surface area contributed by atoms with Crippen LogP contribution in [-0.2, 0) is 0 Å². The van der Waals surface area contributed by atoms with Gasteiger partial charge in [-0.3, -0.25) is 4.90 Å². The van der Waals surface area contributed by atoms with Crippen LogP contribution in [0.15, 0.2) is 29.2 Å². The summed E-state index contributed by atoms with van der Waals surface area (Å²) in [4.78, 5) is 4.25. The molecule has 1 aliphatic heterocycles. The smallest absolute Gasteiger partial charge is 0.0388 e. The molecule has 2 fully saturated rings. The largest absolute Gasteiger partial charge is 0.314 e. The summed E-state index contributed by atoms with van der Waals surface area (Å²) >= 11 is 2.04. The third-order valence-electron chi connectivity index (χ3n) is 5.05. The van der Waals surface area contributed by atoms with Crippen molar-refractivity contribution in [3.63, 3.8) is 0 Å². The lowest BCUT2D eigenvalue weighted by molar-refractivity contribution is 0.123. The van der Waals surface area contributed by atoms with E-state index in [4.69, 9.17) is 0 Å². The van der Waals surface area contributed by atoms with Crippen LogP contribution < -0.4 is 5.32 Å². The first-order chi connectivity index (χ1) is 11.0. The van der Waals surface area contributed by atoms with Crippen molar-refractivity contribution >= 4 is 11.8 Å².